The first-order valence-electron chi connectivity index (χ1n) is 5.36. The lowest BCUT2D eigenvalue weighted by molar-refractivity contribution is -0.121. The number of nitrogens with zero attached hydrogens (tertiary/aromatic N) is 1. The van der Waals surface area contributed by atoms with Crippen molar-refractivity contribution in [2.75, 3.05) is 0 Å². The summed E-state index contributed by atoms with van der Waals surface area (Å²) in [5.41, 5.74) is 0.197. The van der Waals surface area contributed by atoms with Crippen molar-refractivity contribution < 1.29 is 4.79 Å². The van der Waals surface area contributed by atoms with Crippen molar-refractivity contribution in [2.45, 2.75) is 32.2 Å². The van der Waals surface area contributed by atoms with E-state index in [0.29, 0.717) is 12.8 Å². The SMILES string of the molecule is CCC(C)(C#N)NC(=O)Cc1ccccc1. The van der Waals surface area contributed by atoms with Crippen LogP contribution in [0.3, 0.4) is 0 Å². The van der Waals surface area contributed by atoms with E-state index >= 15 is 0 Å². The number of rotatable bonds is 4. The highest BCUT2D eigenvalue weighted by Gasteiger charge is 2.23. The van der Waals surface area contributed by atoms with E-state index in [1.54, 1.807) is 6.92 Å². The van der Waals surface area contributed by atoms with Gasteiger partial charge in [-0.1, -0.05) is 37.3 Å². The zero-order chi connectivity index (χ0) is 12.0. The number of nitrogens with one attached hydrogen (secondary N) is 1. The molecule has 0 aliphatic rings. The van der Waals surface area contributed by atoms with Crippen molar-refractivity contribution in [1.29, 1.82) is 5.26 Å². The monoisotopic (exact) mass is 216 g/mol. The minimum absolute atomic E-state index is 0.114. The number of hydrogen-bond acceptors (Lipinski definition) is 2. The average molecular weight is 216 g/mol. The maximum Gasteiger partial charge on any atom is 0.225 e. The Morgan fingerprint density at radius 2 is 2.06 bits per heavy atom. The fourth-order valence-corrected chi connectivity index (χ4v) is 1.33. The van der Waals surface area contributed by atoms with Gasteiger partial charge in [-0.3, -0.25) is 4.79 Å². The third-order valence-corrected chi connectivity index (χ3v) is 2.58. The summed E-state index contributed by atoms with van der Waals surface area (Å²) in [5, 5.41) is 11.7. The molecular formula is C13H16N2O. The first-order valence-corrected chi connectivity index (χ1v) is 5.36. The predicted octanol–water partition coefficient (Wildman–Crippen LogP) is 2.04. The molecule has 1 aromatic carbocycles. The zero-order valence-corrected chi connectivity index (χ0v) is 9.66. The van der Waals surface area contributed by atoms with E-state index in [2.05, 4.69) is 11.4 Å². The Balaban J connectivity index is 2.59. The van der Waals surface area contributed by atoms with E-state index in [-0.39, 0.29) is 5.91 Å². The van der Waals surface area contributed by atoms with Gasteiger partial charge in [-0.05, 0) is 18.9 Å². The van der Waals surface area contributed by atoms with Gasteiger partial charge < -0.3 is 5.32 Å². The zero-order valence-electron chi connectivity index (χ0n) is 9.66. The lowest BCUT2D eigenvalue weighted by Gasteiger charge is -2.21. The van der Waals surface area contributed by atoms with E-state index in [1.165, 1.54) is 0 Å². The molecule has 0 spiro atoms. The summed E-state index contributed by atoms with van der Waals surface area (Å²) >= 11 is 0. The first-order chi connectivity index (χ1) is 7.59. The van der Waals surface area contributed by atoms with Gasteiger partial charge in [0.25, 0.3) is 0 Å². The second-order valence-corrected chi connectivity index (χ2v) is 4.01. The van der Waals surface area contributed by atoms with Crippen LogP contribution in [0, 0.1) is 11.3 Å². The van der Waals surface area contributed by atoms with Crippen molar-refractivity contribution in [3.05, 3.63) is 35.9 Å². The molecule has 0 fully saturated rings. The van der Waals surface area contributed by atoms with E-state index in [9.17, 15) is 4.79 Å². The molecule has 0 radical (unpaired) electrons. The Morgan fingerprint density at radius 3 is 2.56 bits per heavy atom. The molecule has 1 rings (SSSR count). The Bertz CT molecular complexity index is 394. The molecule has 1 aromatic rings. The highest BCUT2D eigenvalue weighted by molar-refractivity contribution is 5.79. The van der Waals surface area contributed by atoms with Gasteiger partial charge in [0.1, 0.15) is 5.54 Å². The normalized spacial score (nSPS) is 13.6. The molecule has 1 unspecified atom stereocenters. The van der Waals surface area contributed by atoms with Crippen LogP contribution in [0.2, 0.25) is 0 Å². The number of hydrogen-bond donors (Lipinski definition) is 1. The standard InChI is InChI=1S/C13H16N2O/c1-3-13(2,10-14)15-12(16)9-11-7-5-4-6-8-11/h4-8H,3,9H2,1-2H3,(H,15,16). The minimum atomic E-state index is -0.758. The Labute approximate surface area is 96.1 Å². The summed E-state index contributed by atoms with van der Waals surface area (Å²) in [7, 11) is 0. The van der Waals surface area contributed by atoms with Crippen molar-refractivity contribution >= 4 is 5.91 Å². The number of nitriles is 1. The first kappa shape index (κ1) is 12.3. The van der Waals surface area contributed by atoms with Gasteiger partial charge in [0.15, 0.2) is 0 Å². The molecular weight excluding hydrogens is 200 g/mol. The molecule has 0 aliphatic heterocycles. The van der Waals surface area contributed by atoms with Crippen molar-refractivity contribution in [1.82, 2.24) is 5.32 Å². The largest absolute Gasteiger partial charge is 0.338 e. The van der Waals surface area contributed by atoms with Crippen molar-refractivity contribution in [3.8, 4) is 6.07 Å². The third kappa shape index (κ3) is 3.39. The van der Waals surface area contributed by atoms with Crippen LogP contribution in [0.5, 0.6) is 0 Å². The van der Waals surface area contributed by atoms with Crippen LogP contribution in [0.25, 0.3) is 0 Å². The molecule has 0 saturated heterocycles. The highest BCUT2D eigenvalue weighted by Crippen LogP contribution is 2.08. The molecule has 0 aromatic heterocycles. The van der Waals surface area contributed by atoms with E-state index in [4.69, 9.17) is 5.26 Å². The van der Waals surface area contributed by atoms with Crippen LogP contribution in [0.15, 0.2) is 30.3 Å². The smallest absolute Gasteiger partial charge is 0.225 e. The second-order valence-electron chi connectivity index (χ2n) is 4.01. The third-order valence-electron chi connectivity index (χ3n) is 2.58. The summed E-state index contributed by atoms with van der Waals surface area (Å²) in [5.74, 6) is -0.114. The van der Waals surface area contributed by atoms with Crippen LogP contribution in [0.4, 0.5) is 0 Å². The number of benzene rings is 1. The molecule has 3 nitrogen and oxygen atoms in total. The lowest BCUT2D eigenvalue weighted by Crippen LogP contribution is -2.44. The molecule has 3 heteroatoms. The van der Waals surface area contributed by atoms with Gasteiger partial charge in [-0.25, -0.2) is 0 Å². The number of amides is 1. The quantitative estimate of drug-likeness (QED) is 0.837. The summed E-state index contributed by atoms with van der Waals surface area (Å²) < 4.78 is 0. The fraction of sp³-hybridized carbons (Fsp3) is 0.385. The summed E-state index contributed by atoms with van der Waals surface area (Å²) in [4.78, 5) is 11.7. The van der Waals surface area contributed by atoms with E-state index < -0.39 is 5.54 Å². The Hall–Kier alpha value is -1.82. The van der Waals surface area contributed by atoms with E-state index in [0.717, 1.165) is 5.56 Å². The van der Waals surface area contributed by atoms with Gasteiger partial charge in [-0.15, -0.1) is 0 Å². The summed E-state index contributed by atoms with van der Waals surface area (Å²) in [6.45, 7) is 3.61. The minimum Gasteiger partial charge on any atom is -0.338 e. The molecule has 0 saturated carbocycles. The van der Waals surface area contributed by atoms with Gasteiger partial charge in [0, 0.05) is 0 Å². The van der Waals surface area contributed by atoms with Crippen LogP contribution in [-0.2, 0) is 11.2 Å². The summed E-state index contributed by atoms with van der Waals surface area (Å²) in [6, 6.07) is 11.6. The maximum absolute atomic E-state index is 11.7. The second kappa shape index (κ2) is 5.32. The number of carbonyl (C=O) groups excluding carboxylic acids is 1. The average Bonchev–Trinajstić information content (AvgIpc) is 2.30. The molecule has 0 bridgehead atoms. The lowest BCUT2D eigenvalue weighted by atomic mass is 10.0. The van der Waals surface area contributed by atoms with E-state index in [1.807, 2.05) is 37.3 Å². The van der Waals surface area contributed by atoms with Crippen LogP contribution < -0.4 is 5.32 Å². The highest BCUT2D eigenvalue weighted by atomic mass is 16.1. The van der Waals surface area contributed by atoms with Crippen LogP contribution in [0.1, 0.15) is 25.8 Å². The topological polar surface area (TPSA) is 52.9 Å². The van der Waals surface area contributed by atoms with Crippen LogP contribution >= 0.6 is 0 Å². The fourth-order valence-electron chi connectivity index (χ4n) is 1.33. The molecule has 84 valence electrons. The van der Waals surface area contributed by atoms with Crippen molar-refractivity contribution in [2.24, 2.45) is 0 Å². The molecule has 1 atom stereocenters. The summed E-state index contributed by atoms with van der Waals surface area (Å²) in [6.07, 6.45) is 0.919. The van der Waals surface area contributed by atoms with Crippen molar-refractivity contribution in [3.63, 3.8) is 0 Å². The molecule has 1 amide bonds. The van der Waals surface area contributed by atoms with Gasteiger partial charge >= 0.3 is 0 Å². The van der Waals surface area contributed by atoms with Gasteiger partial charge in [0.2, 0.25) is 5.91 Å². The molecule has 0 heterocycles. The molecule has 0 aliphatic carbocycles. The van der Waals surface area contributed by atoms with Gasteiger partial charge in [-0.2, -0.15) is 5.26 Å². The molecule has 1 N–H and O–H groups in total. The Morgan fingerprint density at radius 1 is 1.44 bits per heavy atom. The number of carbonyl (C=O) groups is 1. The molecule has 16 heavy (non-hydrogen) atoms. The predicted molar refractivity (Wildman–Crippen MR) is 62.6 cm³/mol. The Kier molecular flexibility index (Phi) is 4.07. The maximum atomic E-state index is 11.7. The van der Waals surface area contributed by atoms with Gasteiger partial charge in [0.05, 0.1) is 12.5 Å². The van der Waals surface area contributed by atoms with Crippen LogP contribution in [-0.4, -0.2) is 11.4 Å².